The third kappa shape index (κ3) is 5.45. The Morgan fingerprint density at radius 2 is 2.00 bits per heavy atom. The number of carbonyl (C=O) groups excluding carboxylic acids is 2. The number of hydrogen-bond acceptors (Lipinski definition) is 5. The van der Waals surface area contributed by atoms with Crippen LogP contribution in [0.25, 0.3) is 0 Å². The van der Waals surface area contributed by atoms with Crippen LogP contribution < -0.4 is 10.2 Å². The molecular formula is C27H34N2O4. The predicted molar refractivity (Wildman–Crippen MR) is 130 cm³/mol. The molecule has 2 N–H and O–H groups in total. The van der Waals surface area contributed by atoms with E-state index in [1.54, 1.807) is 0 Å². The molecule has 1 aromatic carbocycles. The average Bonchev–Trinajstić information content (AvgIpc) is 2.81. The van der Waals surface area contributed by atoms with Crippen molar-refractivity contribution < 1.29 is 19.4 Å². The van der Waals surface area contributed by atoms with Gasteiger partial charge in [0.2, 0.25) is 0 Å². The van der Waals surface area contributed by atoms with Gasteiger partial charge in [0, 0.05) is 55.6 Å². The van der Waals surface area contributed by atoms with Crippen LogP contribution >= 0.6 is 0 Å². The molecule has 1 fully saturated rings. The van der Waals surface area contributed by atoms with Crippen LogP contribution in [0.3, 0.4) is 0 Å². The molecule has 0 bridgehead atoms. The van der Waals surface area contributed by atoms with Crippen LogP contribution in [-0.4, -0.2) is 55.7 Å². The van der Waals surface area contributed by atoms with Crippen molar-refractivity contribution in [3.63, 3.8) is 0 Å². The monoisotopic (exact) mass is 450 g/mol. The predicted octanol–water partition coefficient (Wildman–Crippen LogP) is 3.50. The normalized spacial score (nSPS) is 21.2. The van der Waals surface area contributed by atoms with Gasteiger partial charge in [0.05, 0.1) is 6.61 Å². The molecule has 1 aromatic rings. The highest BCUT2D eigenvalue weighted by Gasteiger charge is 2.26. The molecule has 0 unspecified atom stereocenters. The molecule has 33 heavy (non-hydrogen) atoms. The lowest BCUT2D eigenvalue weighted by atomic mass is 9.89. The maximum absolute atomic E-state index is 13.3. The van der Waals surface area contributed by atoms with E-state index < -0.39 is 0 Å². The fourth-order valence-corrected chi connectivity index (χ4v) is 5.11. The minimum atomic E-state index is -0.164. The Morgan fingerprint density at radius 3 is 2.79 bits per heavy atom. The van der Waals surface area contributed by atoms with E-state index >= 15 is 0 Å². The van der Waals surface area contributed by atoms with E-state index in [0.29, 0.717) is 38.2 Å². The number of anilines is 1. The summed E-state index contributed by atoms with van der Waals surface area (Å²) in [6.45, 7) is 4.23. The molecule has 2 aliphatic heterocycles. The zero-order valence-corrected chi connectivity index (χ0v) is 19.4. The number of carbonyl (C=O) groups is 2. The highest BCUT2D eigenvalue weighted by atomic mass is 16.5. The molecule has 176 valence electrons. The van der Waals surface area contributed by atoms with Crippen molar-refractivity contribution in [1.82, 2.24) is 5.32 Å². The number of aliphatic hydroxyl groups excluding tert-OH is 1. The molecule has 0 spiro atoms. The number of allylic oxidation sites excluding steroid dienone is 5. The second-order valence-electron chi connectivity index (χ2n) is 9.06. The molecule has 0 aromatic heterocycles. The smallest absolute Gasteiger partial charge is 0.251 e. The maximum atomic E-state index is 13.3. The topological polar surface area (TPSA) is 78.9 Å². The van der Waals surface area contributed by atoms with Crippen LogP contribution in [0.1, 0.15) is 54.9 Å². The Kier molecular flexibility index (Phi) is 7.78. The summed E-state index contributed by atoms with van der Waals surface area (Å²) in [5.41, 5.74) is 5.43. The van der Waals surface area contributed by atoms with Crippen molar-refractivity contribution in [2.45, 2.75) is 51.5 Å². The number of hydrogen-bond donors (Lipinski definition) is 2. The Morgan fingerprint density at radius 1 is 1.18 bits per heavy atom. The molecule has 1 aliphatic carbocycles. The Hall–Kier alpha value is -2.70. The summed E-state index contributed by atoms with van der Waals surface area (Å²) in [7, 11) is 0. The van der Waals surface area contributed by atoms with Crippen LogP contribution in [0.5, 0.6) is 0 Å². The van der Waals surface area contributed by atoms with Crippen LogP contribution in [-0.2, 0) is 16.0 Å². The van der Waals surface area contributed by atoms with Gasteiger partial charge in [-0.1, -0.05) is 29.9 Å². The van der Waals surface area contributed by atoms with Crippen LogP contribution in [0.4, 0.5) is 5.69 Å². The first-order valence-electron chi connectivity index (χ1n) is 12.0. The Labute approximate surface area is 196 Å². The van der Waals surface area contributed by atoms with Crippen molar-refractivity contribution in [3.8, 4) is 0 Å². The average molecular weight is 451 g/mol. The van der Waals surface area contributed by atoms with Crippen LogP contribution in [0, 0.1) is 0 Å². The van der Waals surface area contributed by atoms with E-state index in [1.807, 2.05) is 19.1 Å². The Balaban J connectivity index is 1.69. The first kappa shape index (κ1) is 23.5. The van der Waals surface area contributed by atoms with Crippen LogP contribution in [0.2, 0.25) is 0 Å². The van der Waals surface area contributed by atoms with Gasteiger partial charge in [0.1, 0.15) is 0 Å². The summed E-state index contributed by atoms with van der Waals surface area (Å²) in [6, 6.07) is 6.09. The number of ketones is 1. The summed E-state index contributed by atoms with van der Waals surface area (Å²) in [5, 5.41) is 12.8. The number of Topliss-reactive ketones (excluding diaryl/α,β-unsaturated/α-hetero) is 1. The molecule has 6 heteroatoms. The summed E-state index contributed by atoms with van der Waals surface area (Å²) >= 11 is 0. The third-order valence-electron chi connectivity index (χ3n) is 6.76. The quantitative estimate of drug-likeness (QED) is 0.687. The standard InChI is InChI=1S/C27H34N2O4/c1-19-16-20-6-3-2-4-7-22-23(27(32)28-18-24(20)26(31)17-19)8-5-9-25(22)29(12-13-30)21-10-14-33-15-11-21/h2,4-5,8-9,16,21,30H,3,6-7,10-15,17-18H2,1H3,(H,28,32)/b4-2+. The lowest BCUT2D eigenvalue weighted by Gasteiger charge is -2.37. The van der Waals surface area contributed by atoms with Crippen molar-refractivity contribution in [2.75, 3.05) is 37.8 Å². The summed E-state index contributed by atoms with van der Waals surface area (Å²) in [5.74, 6) is -0.0587. The van der Waals surface area contributed by atoms with Gasteiger partial charge in [0.25, 0.3) is 5.91 Å². The number of nitrogens with one attached hydrogen (secondary N) is 1. The minimum Gasteiger partial charge on any atom is -0.395 e. The van der Waals surface area contributed by atoms with Crippen LogP contribution in [0.15, 0.2) is 53.1 Å². The number of aliphatic hydroxyl groups is 1. The van der Waals surface area contributed by atoms with Gasteiger partial charge >= 0.3 is 0 Å². The van der Waals surface area contributed by atoms with Gasteiger partial charge in [-0.15, -0.1) is 0 Å². The van der Waals surface area contributed by atoms with Gasteiger partial charge in [0.15, 0.2) is 5.78 Å². The molecule has 3 aliphatic rings. The van der Waals surface area contributed by atoms with E-state index in [2.05, 4.69) is 34.5 Å². The first-order valence-corrected chi connectivity index (χ1v) is 12.0. The van der Waals surface area contributed by atoms with Gasteiger partial charge in [-0.2, -0.15) is 0 Å². The number of benzene rings is 1. The number of rotatable bonds is 4. The van der Waals surface area contributed by atoms with E-state index in [-0.39, 0.29) is 30.9 Å². The summed E-state index contributed by atoms with van der Waals surface area (Å²) in [4.78, 5) is 28.2. The minimum absolute atomic E-state index is 0.0506. The number of amides is 1. The Bertz CT molecular complexity index is 986. The second-order valence-corrected chi connectivity index (χ2v) is 9.06. The zero-order valence-electron chi connectivity index (χ0n) is 19.4. The number of ether oxygens (including phenoxy) is 1. The molecular weight excluding hydrogens is 416 g/mol. The fraction of sp³-hybridized carbons (Fsp3) is 0.481. The summed E-state index contributed by atoms with van der Waals surface area (Å²) in [6.07, 6.45) is 10.9. The van der Waals surface area contributed by atoms with Crippen molar-refractivity contribution in [3.05, 3.63) is 64.3 Å². The van der Waals surface area contributed by atoms with Gasteiger partial charge in [-0.05, 0) is 62.3 Å². The molecule has 1 amide bonds. The van der Waals surface area contributed by atoms with E-state index in [9.17, 15) is 14.7 Å². The first-order chi connectivity index (χ1) is 16.1. The lowest BCUT2D eigenvalue weighted by Crippen LogP contribution is -2.42. The van der Waals surface area contributed by atoms with E-state index in [4.69, 9.17) is 4.74 Å². The maximum Gasteiger partial charge on any atom is 0.251 e. The van der Waals surface area contributed by atoms with E-state index in [1.165, 1.54) is 0 Å². The summed E-state index contributed by atoms with van der Waals surface area (Å²) < 4.78 is 5.54. The SMILES string of the molecule is CC1=CC2=C(CNC(=O)c3cccc(N(CCO)C4CCOCC4)c3C/C=C/CC2)C(=O)C1. The lowest BCUT2D eigenvalue weighted by molar-refractivity contribution is -0.115. The largest absolute Gasteiger partial charge is 0.395 e. The number of nitrogens with zero attached hydrogens (tertiary/aromatic N) is 1. The van der Waals surface area contributed by atoms with Crippen molar-refractivity contribution in [2.24, 2.45) is 0 Å². The molecule has 6 nitrogen and oxygen atoms in total. The van der Waals surface area contributed by atoms with Gasteiger partial charge < -0.3 is 20.1 Å². The molecule has 1 saturated heterocycles. The highest BCUT2D eigenvalue weighted by Crippen LogP contribution is 2.31. The molecule has 0 radical (unpaired) electrons. The molecule has 4 rings (SSSR count). The zero-order chi connectivity index (χ0) is 23.2. The van der Waals surface area contributed by atoms with Gasteiger partial charge in [-0.25, -0.2) is 0 Å². The highest BCUT2D eigenvalue weighted by molar-refractivity contribution is 6.02. The second kappa shape index (κ2) is 10.9. The molecule has 0 saturated carbocycles. The fourth-order valence-electron chi connectivity index (χ4n) is 5.11. The van der Waals surface area contributed by atoms with Gasteiger partial charge in [-0.3, -0.25) is 9.59 Å². The van der Waals surface area contributed by atoms with E-state index in [0.717, 1.165) is 53.7 Å². The molecule has 2 heterocycles. The molecule has 0 atom stereocenters. The third-order valence-corrected chi connectivity index (χ3v) is 6.76. The van der Waals surface area contributed by atoms with Crippen molar-refractivity contribution >= 4 is 17.4 Å². The van der Waals surface area contributed by atoms with Crippen molar-refractivity contribution in [1.29, 1.82) is 0 Å². The number of fused-ring (bicyclic) bond motifs is 1.